The first kappa shape index (κ1) is 15.4. The van der Waals surface area contributed by atoms with E-state index < -0.39 is 17.9 Å². The van der Waals surface area contributed by atoms with Gasteiger partial charge in [-0.15, -0.1) is 0 Å². The van der Waals surface area contributed by atoms with Crippen molar-refractivity contribution in [1.82, 2.24) is 10.2 Å². The van der Waals surface area contributed by atoms with Gasteiger partial charge in [0, 0.05) is 26.2 Å². The molecule has 1 aliphatic rings. The van der Waals surface area contributed by atoms with Crippen molar-refractivity contribution in [3.8, 4) is 0 Å². The summed E-state index contributed by atoms with van der Waals surface area (Å²) in [6, 6.07) is 0. The van der Waals surface area contributed by atoms with Crippen LogP contribution >= 0.6 is 0 Å². The molecule has 19 heavy (non-hydrogen) atoms. The average molecular weight is 276 g/mol. The molecule has 0 aromatic rings. The van der Waals surface area contributed by atoms with Crippen molar-refractivity contribution in [1.29, 1.82) is 0 Å². The van der Waals surface area contributed by atoms with Gasteiger partial charge in [-0.3, -0.25) is 4.79 Å². The number of piperazine rings is 1. The molecule has 0 aromatic carbocycles. The van der Waals surface area contributed by atoms with Gasteiger partial charge in [0.15, 0.2) is 0 Å². The molecule has 0 radical (unpaired) electrons. The normalized spacial score (nSPS) is 18.4. The minimum Gasteiger partial charge on any atom is -0.335 e. The Morgan fingerprint density at radius 1 is 1.37 bits per heavy atom. The minimum absolute atomic E-state index is 0.276. The molecule has 1 aliphatic heterocycles. The third-order valence-corrected chi connectivity index (χ3v) is 2.53. The molecule has 0 aliphatic carbocycles. The van der Waals surface area contributed by atoms with Crippen molar-refractivity contribution in [2.75, 3.05) is 26.2 Å². The molecule has 8 heteroatoms. The number of aliphatic imine (C=N–C) groups is 2. The average Bonchev–Trinajstić information content (AvgIpc) is 2.39. The fraction of sp³-hybridized carbons (Fsp3) is 0.545. The maximum atomic E-state index is 12.5. The van der Waals surface area contributed by atoms with E-state index in [0.717, 1.165) is 0 Å². The number of nitrogens with one attached hydrogen (secondary N) is 1. The van der Waals surface area contributed by atoms with Gasteiger partial charge in [-0.2, -0.15) is 13.2 Å². The van der Waals surface area contributed by atoms with Gasteiger partial charge in [0.2, 0.25) is 5.84 Å². The molecule has 0 atom stereocenters. The Morgan fingerprint density at radius 2 is 1.95 bits per heavy atom. The lowest BCUT2D eigenvalue weighted by Crippen LogP contribution is -2.46. The van der Waals surface area contributed by atoms with E-state index in [1.165, 1.54) is 17.9 Å². The summed E-state index contributed by atoms with van der Waals surface area (Å²) in [7, 11) is 0. The smallest absolute Gasteiger partial charge is 0.335 e. The first-order valence-corrected chi connectivity index (χ1v) is 5.69. The third-order valence-electron chi connectivity index (χ3n) is 2.53. The Morgan fingerprint density at radius 3 is 2.37 bits per heavy atom. The summed E-state index contributed by atoms with van der Waals surface area (Å²) in [5, 5.41) is 3.05. The lowest BCUT2D eigenvalue weighted by molar-refractivity contribution is -0.127. The molecular formula is C11H15F3N4O. The lowest BCUT2D eigenvalue weighted by Gasteiger charge is -2.27. The zero-order chi connectivity index (χ0) is 14.5. The maximum absolute atomic E-state index is 12.5. The summed E-state index contributed by atoms with van der Waals surface area (Å²) in [5.41, 5.74) is -0.276. The van der Waals surface area contributed by atoms with Gasteiger partial charge in [-0.1, -0.05) is 6.08 Å². The number of carbonyl (C=O) groups excluding carboxylic acids is 1. The summed E-state index contributed by atoms with van der Waals surface area (Å²) in [4.78, 5) is 19.5. The minimum atomic E-state index is -4.72. The summed E-state index contributed by atoms with van der Waals surface area (Å²) in [6.45, 7) is 6.38. The van der Waals surface area contributed by atoms with Crippen molar-refractivity contribution in [3.05, 3.63) is 11.8 Å². The molecule has 1 N–H and O–H groups in total. The second kappa shape index (κ2) is 6.46. The van der Waals surface area contributed by atoms with Gasteiger partial charge in [0.1, 0.15) is 5.70 Å². The Hall–Kier alpha value is -1.70. The number of allylic oxidation sites excluding steroid dienone is 1. The summed E-state index contributed by atoms with van der Waals surface area (Å²) in [5.74, 6) is -1.95. The van der Waals surface area contributed by atoms with Crippen LogP contribution in [0.2, 0.25) is 0 Å². The van der Waals surface area contributed by atoms with E-state index in [0.29, 0.717) is 26.2 Å². The molecule has 106 valence electrons. The monoisotopic (exact) mass is 276 g/mol. The number of alkyl halides is 3. The molecule has 0 spiro atoms. The molecular weight excluding hydrogens is 261 g/mol. The Bertz CT molecular complexity index is 409. The largest absolute Gasteiger partial charge is 0.451 e. The van der Waals surface area contributed by atoms with E-state index in [4.69, 9.17) is 0 Å². The lowest BCUT2D eigenvalue weighted by atomic mass is 10.3. The fourth-order valence-electron chi connectivity index (χ4n) is 1.57. The van der Waals surface area contributed by atoms with E-state index >= 15 is 0 Å². The van der Waals surface area contributed by atoms with Crippen LogP contribution < -0.4 is 5.32 Å². The molecule has 1 fully saturated rings. The summed E-state index contributed by atoms with van der Waals surface area (Å²) >= 11 is 0. The van der Waals surface area contributed by atoms with E-state index in [9.17, 15) is 18.0 Å². The van der Waals surface area contributed by atoms with Crippen molar-refractivity contribution >= 4 is 18.5 Å². The van der Waals surface area contributed by atoms with Crippen LogP contribution in [0.4, 0.5) is 13.2 Å². The van der Waals surface area contributed by atoms with Crippen molar-refractivity contribution in [3.63, 3.8) is 0 Å². The van der Waals surface area contributed by atoms with Gasteiger partial charge in [-0.25, -0.2) is 9.98 Å². The molecule has 5 nitrogen and oxygen atoms in total. The number of hydrogen-bond donors (Lipinski definition) is 1. The van der Waals surface area contributed by atoms with Crippen molar-refractivity contribution in [2.24, 2.45) is 9.98 Å². The molecule has 1 rings (SSSR count). The van der Waals surface area contributed by atoms with Gasteiger partial charge in [0.25, 0.3) is 5.91 Å². The number of amidine groups is 1. The second-order valence-electron chi connectivity index (χ2n) is 3.81. The quantitative estimate of drug-likeness (QED) is 0.464. The molecule has 1 saturated heterocycles. The second-order valence-corrected chi connectivity index (χ2v) is 3.81. The zero-order valence-corrected chi connectivity index (χ0v) is 10.5. The molecule has 0 bridgehead atoms. The highest BCUT2D eigenvalue weighted by atomic mass is 19.4. The highest BCUT2D eigenvalue weighted by molar-refractivity contribution is 5.99. The predicted molar refractivity (Wildman–Crippen MR) is 66.2 cm³/mol. The van der Waals surface area contributed by atoms with Gasteiger partial charge in [0.05, 0.1) is 0 Å². The first-order valence-electron chi connectivity index (χ1n) is 5.69. The molecule has 0 aromatic heterocycles. The van der Waals surface area contributed by atoms with E-state index in [-0.39, 0.29) is 5.70 Å². The van der Waals surface area contributed by atoms with Crippen LogP contribution in [0.15, 0.2) is 21.8 Å². The number of hydrogen-bond acceptors (Lipinski definition) is 3. The molecule has 1 amide bonds. The summed E-state index contributed by atoms with van der Waals surface area (Å²) < 4.78 is 37.5. The van der Waals surface area contributed by atoms with Crippen LogP contribution in [0.3, 0.4) is 0 Å². The van der Waals surface area contributed by atoms with Gasteiger partial charge < -0.3 is 10.2 Å². The highest BCUT2D eigenvalue weighted by Crippen LogP contribution is 2.20. The molecule has 0 saturated carbocycles. The van der Waals surface area contributed by atoms with Crippen LogP contribution in [0.1, 0.15) is 6.92 Å². The Labute approximate surface area is 108 Å². The number of carbonyl (C=O) groups is 1. The topological polar surface area (TPSA) is 57.1 Å². The summed E-state index contributed by atoms with van der Waals surface area (Å²) in [6.07, 6.45) is -3.49. The number of rotatable bonds is 2. The predicted octanol–water partition coefficient (Wildman–Crippen LogP) is 0.983. The fourth-order valence-corrected chi connectivity index (χ4v) is 1.57. The van der Waals surface area contributed by atoms with Crippen molar-refractivity contribution < 1.29 is 18.0 Å². The molecule has 1 heterocycles. The van der Waals surface area contributed by atoms with Crippen molar-refractivity contribution in [2.45, 2.75) is 13.1 Å². The van der Waals surface area contributed by atoms with Crippen LogP contribution in [0.5, 0.6) is 0 Å². The maximum Gasteiger partial charge on any atom is 0.451 e. The van der Waals surface area contributed by atoms with Crippen LogP contribution in [0.25, 0.3) is 0 Å². The van der Waals surface area contributed by atoms with Crippen LogP contribution in [-0.2, 0) is 4.79 Å². The van der Waals surface area contributed by atoms with Gasteiger partial charge >= 0.3 is 6.18 Å². The highest BCUT2D eigenvalue weighted by Gasteiger charge is 2.36. The number of nitrogens with zero attached hydrogens (tertiary/aromatic N) is 3. The zero-order valence-electron chi connectivity index (χ0n) is 10.5. The molecule has 0 unspecified atom stereocenters. The third kappa shape index (κ3) is 4.16. The van der Waals surface area contributed by atoms with Crippen LogP contribution in [0, 0.1) is 0 Å². The first-order chi connectivity index (χ1) is 8.90. The van der Waals surface area contributed by atoms with E-state index in [2.05, 4.69) is 22.0 Å². The number of halogens is 3. The van der Waals surface area contributed by atoms with Crippen LogP contribution in [-0.4, -0.2) is 55.7 Å². The number of amides is 1. The van der Waals surface area contributed by atoms with Gasteiger partial charge in [-0.05, 0) is 13.6 Å². The standard InChI is InChI=1S/C11H15F3N4O/c1-3-8(17-10(15-2)11(12,13)14)9(19)18-6-4-16-5-7-18/h3,16H,2,4-7H2,1H3/b8-3-,17-10-. The SMILES string of the molecule is C=N/C(=N\C(=C/C)C(=O)N1CCNCC1)C(F)(F)F. The van der Waals surface area contributed by atoms with E-state index in [1.54, 1.807) is 0 Å². The Kier molecular flexibility index (Phi) is 5.22. The Balaban J connectivity index is 2.91. The van der Waals surface area contributed by atoms with E-state index in [1.807, 2.05) is 0 Å².